The van der Waals surface area contributed by atoms with E-state index in [1.807, 2.05) is 32.0 Å². The molecule has 2 aromatic rings. The second-order valence-corrected chi connectivity index (χ2v) is 8.53. The zero-order valence-electron chi connectivity index (χ0n) is 18.0. The van der Waals surface area contributed by atoms with E-state index in [0.717, 1.165) is 22.3 Å². The molecular formula is C24H26O7. The van der Waals surface area contributed by atoms with Gasteiger partial charge >= 0.3 is 0 Å². The Balaban J connectivity index is 1.70. The number of ether oxygens (including phenoxy) is 5. The van der Waals surface area contributed by atoms with Crippen LogP contribution in [0.3, 0.4) is 0 Å². The molecule has 0 saturated carbocycles. The Bertz CT molecular complexity index is 1090. The standard InChI is InChI=1S/C24H26O7/c1-24(2)20(26)9-15-16(31-24)6-5-13-22(15)30-19-11-29-18-7-12(10-25)17(27-3)8-14(18)21(19)23(13)28-4/h5-8,19-20,25-26H,9-11H2,1-4H3/t19-,20?/m1/s1. The number of hydrogen-bond acceptors (Lipinski definition) is 7. The van der Waals surface area contributed by atoms with Crippen LogP contribution in [0.1, 0.15) is 36.1 Å². The summed E-state index contributed by atoms with van der Waals surface area (Å²) in [6.07, 6.45) is -0.621. The summed E-state index contributed by atoms with van der Waals surface area (Å²) >= 11 is 0. The number of fused-ring (bicyclic) bond motifs is 6. The second kappa shape index (κ2) is 7.07. The summed E-state index contributed by atoms with van der Waals surface area (Å²) in [5, 5.41) is 20.2. The summed E-state index contributed by atoms with van der Waals surface area (Å²) in [5.41, 5.74) is 3.30. The van der Waals surface area contributed by atoms with Crippen molar-refractivity contribution in [1.82, 2.24) is 0 Å². The molecule has 0 amide bonds. The first-order valence-electron chi connectivity index (χ1n) is 10.3. The van der Waals surface area contributed by atoms with Gasteiger partial charge < -0.3 is 33.9 Å². The van der Waals surface area contributed by atoms with Crippen molar-refractivity contribution in [3.63, 3.8) is 0 Å². The van der Waals surface area contributed by atoms with Gasteiger partial charge in [-0.2, -0.15) is 0 Å². The highest BCUT2D eigenvalue weighted by atomic mass is 16.5. The fraction of sp³-hybridized carbons (Fsp3) is 0.417. The predicted molar refractivity (Wildman–Crippen MR) is 114 cm³/mol. The molecule has 0 aromatic heterocycles. The van der Waals surface area contributed by atoms with Crippen LogP contribution in [0.4, 0.5) is 0 Å². The Hall–Kier alpha value is -2.90. The van der Waals surface area contributed by atoms with E-state index in [-0.39, 0.29) is 6.61 Å². The molecule has 0 saturated heterocycles. The summed E-state index contributed by atoms with van der Waals surface area (Å²) in [7, 11) is 3.20. The summed E-state index contributed by atoms with van der Waals surface area (Å²) in [6.45, 7) is 3.90. The summed E-state index contributed by atoms with van der Waals surface area (Å²) in [4.78, 5) is 0. The van der Waals surface area contributed by atoms with E-state index in [1.54, 1.807) is 20.3 Å². The molecule has 31 heavy (non-hydrogen) atoms. The first-order chi connectivity index (χ1) is 14.9. The van der Waals surface area contributed by atoms with Gasteiger partial charge in [0.15, 0.2) is 6.10 Å². The molecule has 0 fully saturated rings. The largest absolute Gasteiger partial charge is 0.496 e. The fourth-order valence-electron chi connectivity index (χ4n) is 4.54. The Morgan fingerprint density at radius 1 is 1.10 bits per heavy atom. The van der Waals surface area contributed by atoms with E-state index >= 15 is 0 Å². The van der Waals surface area contributed by atoms with Gasteiger partial charge in [0.25, 0.3) is 0 Å². The Morgan fingerprint density at radius 3 is 2.61 bits per heavy atom. The minimum Gasteiger partial charge on any atom is -0.496 e. The van der Waals surface area contributed by atoms with Crippen LogP contribution in [0.5, 0.6) is 23.0 Å². The summed E-state index contributed by atoms with van der Waals surface area (Å²) in [6, 6.07) is 7.47. The van der Waals surface area contributed by atoms with Crippen molar-refractivity contribution in [2.45, 2.75) is 44.7 Å². The van der Waals surface area contributed by atoms with Crippen molar-refractivity contribution in [2.75, 3.05) is 20.8 Å². The van der Waals surface area contributed by atoms with Crippen molar-refractivity contribution in [1.29, 1.82) is 0 Å². The van der Waals surface area contributed by atoms with E-state index in [9.17, 15) is 10.2 Å². The van der Waals surface area contributed by atoms with Gasteiger partial charge in [-0.15, -0.1) is 0 Å². The monoisotopic (exact) mass is 426 g/mol. The predicted octanol–water partition coefficient (Wildman–Crippen LogP) is 2.93. The SMILES string of the molecule is COC1=C2c3cc(OC)c(CO)cc3OC[C@H]2Oc2c1ccc1c2CC(O)C(C)(C)O1. The maximum atomic E-state index is 10.6. The Morgan fingerprint density at radius 2 is 1.90 bits per heavy atom. The minimum absolute atomic E-state index is 0.149. The lowest BCUT2D eigenvalue weighted by molar-refractivity contribution is -0.0421. The van der Waals surface area contributed by atoms with Gasteiger partial charge in [0, 0.05) is 28.7 Å². The average molecular weight is 426 g/mol. The topological polar surface area (TPSA) is 86.6 Å². The molecule has 164 valence electrons. The van der Waals surface area contributed by atoms with E-state index in [2.05, 4.69) is 0 Å². The highest BCUT2D eigenvalue weighted by Crippen LogP contribution is 2.51. The maximum absolute atomic E-state index is 10.6. The molecule has 0 spiro atoms. The van der Waals surface area contributed by atoms with Crippen LogP contribution in [0.25, 0.3) is 11.3 Å². The molecule has 0 bridgehead atoms. The third kappa shape index (κ3) is 2.95. The molecule has 2 N–H and O–H groups in total. The molecule has 7 nitrogen and oxygen atoms in total. The molecule has 2 aromatic carbocycles. The lowest BCUT2D eigenvalue weighted by atomic mass is 9.86. The quantitative estimate of drug-likeness (QED) is 0.780. The highest BCUT2D eigenvalue weighted by Gasteiger charge is 2.42. The molecule has 7 heteroatoms. The molecule has 1 unspecified atom stereocenters. The van der Waals surface area contributed by atoms with Crippen molar-refractivity contribution in [3.05, 3.63) is 46.5 Å². The van der Waals surface area contributed by atoms with Gasteiger partial charge in [0.2, 0.25) is 0 Å². The maximum Gasteiger partial charge on any atom is 0.162 e. The van der Waals surface area contributed by atoms with E-state index in [4.69, 9.17) is 23.7 Å². The van der Waals surface area contributed by atoms with Crippen LogP contribution in [0, 0.1) is 0 Å². The van der Waals surface area contributed by atoms with Crippen LogP contribution >= 0.6 is 0 Å². The third-order valence-electron chi connectivity index (χ3n) is 6.30. The van der Waals surface area contributed by atoms with Gasteiger partial charge in [-0.3, -0.25) is 0 Å². The number of aliphatic hydroxyl groups excluding tert-OH is 2. The summed E-state index contributed by atoms with van der Waals surface area (Å²) < 4.78 is 29.8. The summed E-state index contributed by atoms with van der Waals surface area (Å²) in [5.74, 6) is 3.28. The number of aliphatic hydroxyl groups is 2. The highest BCUT2D eigenvalue weighted by molar-refractivity contribution is 5.96. The number of rotatable bonds is 3. The molecule has 3 heterocycles. The number of methoxy groups -OCH3 is 2. The average Bonchev–Trinajstić information content (AvgIpc) is 2.77. The zero-order valence-corrected chi connectivity index (χ0v) is 18.0. The normalized spacial score (nSPS) is 22.6. The van der Waals surface area contributed by atoms with Crippen molar-refractivity contribution >= 4 is 11.3 Å². The van der Waals surface area contributed by atoms with Gasteiger partial charge in [0.1, 0.15) is 41.0 Å². The molecule has 3 aliphatic rings. The van der Waals surface area contributed by atoms with E-state index in [0.29, 0.717) is 47.3 Å². The number of benzene rings is 2. The zero-order chi connectivity index (χ0) is 21.9. The number of hydrogen-bond donors (Lipinski definition) is 2. The second-order valence-electron chi connectivity index (χ2n) is 8.53. The lowest BCUT2D eigenvalue weighted by Gasteiger charge is -2.40. The molecule has 5 rings (SSSR count). The molecule has 2 atom stereocenters. The van der Waals surface area contributed by atoms with Crippen molar-refractivity contribution in [3.8, 4) is 23.0 Å². The van der Waals surface area contributed by atoms with Gasteiger partial charge in [0.05, 0.1) is 32.5 Å². The van der Waals surface area contributed by atoms with E-state index < -0.39 is 17.8 Å². The first-order valence-corrected chi connectivity index (χ1v) is 10.3. The molecular weight excluding hydrogens is 400 g/mol. The van der Waals surface area contributed by atoms with E-state index in [1.165, 1.54) is 0 Å². The van der Waals surface area contributed by atoms with Crippen LogP contribution in [0.2, 0.25) is 0 Å². The molecule has 0 radical (unpaired) electrons. The lowest BCUT2D eigenvalue weighted by Crippen LogP contribution is -2.46. The van der Waals surface area contributed by atoms with Gasteiger partial charge in [-0.05, 0) is 38.1 Å². The smallest absolute Gasteiger partial charge is 0.162 e. The van der Waals surface area contributed by atoms with Gasteiger partial charge in [-0.25, -0.2) is 0 Å². The first kappa shape index (κ1) is 20.0. The molecule has 3 aliphatic heterocycles. The van der Waals surface area contributed by atoms with Crippen LogP contribution < -0.4 is 18.9 Å². The molecule has 0 aliphatic carbocycles. The van der Waals surface area contributed by atoms with Crippen molar-refractivity contribution in [2.24, 2.45) is 0 Å². The van der Waals surface area contributed by atoms with Crippen LogP contribution in [-0.2, 0) is 17.8 Å². The fourth-order valence-corrected chi connectivity index (χ4v) is 4.54. The third-order valence-corrected chi connectivity index (χ3v) is 6.30. The minimum atomic E-state index is -0.672. The Labute approximate surface area is 180 Å². The van der Waals surface area contributed by atoms with Crippen LogP contribution in [0.15, 0.2) is 24.3 Å². The Kier molecular flexibility index (Phi) is 4.57. The van der Waals surface area contributed by atoms with Gasteiger partial charge in [-0.1, -0.05) is 0 Å². The van der Waals surface area contributed by atoms with Crippen molar-refractivity contribution < 1.29 is 33.9 Å². The van der Waals surface area contributed by atoms with Crippen LogP contribution in [-0.4, -0.2) is 48.8 Å².